The van der Waals surface area contributed by atoms with Gasteiger partial charge in [-0.05, 0) is 54.8 Å². The SMILES string of the molecule is O=Cc1ccc(SCCCCCc2ccc(Cl)cc2)c(OC(F)(F)F)c1. The molecule has 7 heteroatoms. The standard InChI is InChI=1S/C19H18ClF3O2S/c20-16-8-5-14(6-9-16)4-2-1-3-11-26-18-10-7-15(13-24)12-17(18)25-19(21,22)23/h5-10,12-13H,1-4,11H2. The third-order valence-corrected chi connectivity index (χ3v) is 5.00. The first-order valence-corrected chi connectivity index (χ1v) is 9.46. The number of carbonyl (C=O) groups is 1. The quantitative estimate of drug-likeness (QED) is 0.270. The number of aryl methyl sites for hydroxylation is 1. The minimum atomic E-state index is -4.78. The van der Waals surface area contributed by atoms with E-state index in [1.165, 1.54) is 29.5 Å². The fraction of sp³-hybridized carbons (Fsp3) is 0.316. The van der Waals surface area contributed by atoms with Gasteiger partial charge in [-0.15, -0.1) is 24.9 Å². The predicted octanol–water partition coefficient (Wildman–Crippen LogP) is 6.56. The van der Waals surface area contributed by atoms with Crippen molar-refractivity contribution in [2.45, 2.75) is 36.9 Å². The average molecular weight is 403 g/mol. The molecular formula is C19H18ClF3O2S. The van der Waals surface area contributed by atoms with E-state index in [4.69, 9.17) is 11.6 Å². The minimum absolute atomic E-state index is 0.150. The first-order chi connectivity index (χ1) is 12.4. The second-order valence-corrected chi connectivity index (χ2v) is 7.23. The van der Waals surface area contributed by atoms with Crippen LogP contribution in [0.15, 0.2) is 47.4 Å². The number of hydrogen-bond donors (Lipinski definition) is 0. The molecule has 0 amide bonds. The molecule has 0 atom stereocenters. The summed E-state index contributed by atoms with van der Waals surface area (Å²) in [6, 6.07) is 11.8. The smallest absolute Gasteiger partial charge is 0.405 e. The Kier molecular flexibility index (Phi) is 7.85. The van der Waals surface area contributed by atoms with E-state index < -0.39 is 6.36 Å². The summed E-state index contributed by atoms with van der Waals surface area (Å²) in [4.78, 5) is 11.1. The normalized spacial score (nSPS) is 11.4. The lowest BCUT2D eigenvalue weighted by Gasteiger charge is -2.13. The zero-order chi connectivity index (χ0) is 19.0. The van der Waals surface area contributed by atoms with Crippen molar-refractivity contribution in [2.75, 3.05) is 5.75 Å². The highest BCUT2D eigenvalue weighted by Gasteiger charge is 2.32. The molecule has 2 nitrogen and oxygen atoms in total. The minimum Gasteiger partial charge on any atom is -0.405 e. The van der Waals surface area contributed by atoms with Crippen LogP contribution < -0.4 is 4.74 Å². The lowest BCUT2D eigenvalue weighted by Crippen LogP contribution is -2.17. The molecule has 140 valence electrons. The Morgan fingerprint density at radius 3 is 2.42 bits per heavy atom. The van der Waals surface area contributed by atoms with E-state index in [-0.39, 0.29) is 11.3 Å². The van der Waals surface area contributed by atoms with E-state index in [0.29, 0.717) is 22.0 Å². The van der Waals surface area contributed by atoms with E-state index in [0.717, 1.165) is 31.7 Å². The van der Waals surface area contributed by atoms with E-state index in [2.05, 4.69) is 4.74 Å². The maximum absolute atomic E-state index is 12.5. The third kappa shape index (κ3) is 7.30. The molecule has 2 aromatic carbocycles. The maximum atomic E-state index is 12.5. The van der Waals surface area contributed by atoms with Crippen LogP contribution in [0.4, 0.5) is 13.2 Å². The van der Waals surface area contributed by atoms with Gasteiger partial charge in [0.1, 0.15) is 12.0 Å². The van der Waals surface area contributed by atoms with Crippen LogP contribution in [0, 0.1) is 0 Å². The number of ether oxygens (including phenoxy) is 1. The molecule has 0 bridgehead atoms. The number of halogens is 4. The first-order valence-electron chi connectivity index (χ1n) is 8.09. The highest BCUT2D eigenvalue weighted by Crippen LogP contribution is 2.34. The molecule has 2 aromatic rings. The van der Waals surface area contributed by atoms with Gasteiger partial charge in [-0.25, -0.2) is 0 Å². The molecule has 2 rings (SSSR count). The third-order valence-electron chi connectivity index (χ3n) is 3.61. The fourth-order valence-electron chi connectivity index (χ4n) is 2.36. The molecule has 0 radical (unpaired) electrons. The van der Waals surface area contributed by atoms with Gasteiger partial charge in [0.05, 0.1) is 0 Å². The number of rotatable bonds is 9. The summed E-state index contributed by atoms with van der Waals surface area (Å²) in [5.41, 5.74) is 1.36. The zero-order valence-electron chi connectivity index (χ0n) is 13.9. The molecule has 26 heavy (non-hydrogen) atoms. The number of benzene rings is 2. The van der Waals surface area contributed by atoms with Crippen LogP contribution in [0.25, 0.3) is 0 Å². The Balaban J connectivity index is 1.79. The summed E-state index contributed by atoms with van der Waals surface area (Å²) in [6.45, 7) is 0. The Hall–Kier alpha value is -1.66. The molecule has 0 unspecified atom stereocenters. The van der Waals surface area contributed by atoms with Crippen molar-refractivity contribution in [3.8, 4) is 5.75 Å². The van der Waals surface area contributed by atoms with Crippen molar-refractivity contribution < 1.29 is 22.7 Å². The zero-order valence-corrected chi connectivity index (χ0v) is 15.5. The second kappa shape index (κ2) is 9.88. The topological polar surface area (TPSA) is 26.3 Å². The highest BCUT2D eigenvalue weighted by molar-refractivity contribution is 7.99. The molecule has 0 saturated heterocycles. The fourth-order valence-corrected chi connectivity index (χ4v) is 3.46. The molecule has 0 aliphatic carbocycles. The molecule has 0 saturated carbocycles. The van der Waals surface area contributed by atoms with Gasteiger partial charge in [0.2, 0.25) is 0 Å². The first kappa shape index (κ1) is 20.6. The van der Waals surface area contributed by atoms with Crippen LogP contribution in [-0.4, -0.2) is 18.4 Å². The van der Waals surface area contributed by atoms with Crippen LogP contribution in [0.3, 0.4) is 0 Å². The summed E-state index contributed by atoms with van der Waals surface area (Å²) >= 11 is 7.14. The average Bonchev–Trinajstić information content (AvgIpc) is 2.59. The van der Waals surface area contributed by atoms with Crippen LogP contribution in [0.5, 0.6) is 5.75 Å². The molecule has 0 aliphatic heterocycles. The molecule has 0 heterocycles. The van der Waals surface area contributed by atoms with Gasteiger partial charge in [-0.1, -0.05) is 36.2 Å². The Bertz CT molecular complexity index is 718. The highest BCUT2D eigenvalue weighted by atomic mass is 35.5. The van der Waals surface area contributed by atoms with Gasteiger partial charge < -0.3 is 4.74 Å². The van der Waals surface area contributed by atoms with Crippen molar-refractivity contribution in [3.05, 3.63) is 58.6 Å². The van der Waals surface area contributed by atoms with Crippen LogP contribution in [0.2, 0.25) is 5.02 Å². The van der Waals surface area contributed by atoms with Gasteiger partial charge in [-0.3, -0.25) is 4.79 Å². The molecule has 0 aromatic heterocycles. The molecule has 0 fully saturated rings. The second-order valence-electron chi connectivity index (χ2n) is 5.66. The number of unbranched alkanes of at least 4 members (excludes halogenated alkanes) is 2. The Labute approximate surface area is 159 Å². The number of aldehydes is 1. The lowest BCUT2D eigenvalue weighted by atomic mass is 10.1. The van der Waals surface area contributed by atoms with E-state index in [9.17, 15) is 18.0 Å². The number of hydrogen-bond acceptors (Lipinski definition) is 3. The van der Waals surface area contributed by atoms with Gasteiger partial charge in [0.15, 0.2) is 0 Å². The van der Waals surface area contributed by atoms with E-state index in [1.54, 1.807) is 0 Å². The van der Waals surface area contributed by atoms with Crippen LogP contribution in [0.1, 0.15) is 35.2 Å². The van der Waals surface area contributed by atoms with Crippen molar-refractivity contribution in [1.29, 1.82) is 0 Å². The number of alkyl halides is 3. The van der Waals surface area contributed by atoms with E-state index in [1.807, 2.05) is 24.3 Å². The van der Waals surface area contributed by atoms with Crippen LogP contribution >= 0.6 is 23.4 Å². The largest absolute Gasteiger partial charge is 0.573 e. The summed E-state index contributed by atoms with van der Waals surface area (Å²) in [6.07, 6.45) is -0.503. The van der Waals surface area contributed by atoms with Gasteiger partial charge in [0, 0.05) is 15.5 Å². The summed E-state index contributed by atoms with van der Waals surface area (Å²) in [5, 5.41) is 0.711. The van der Waals surface area contributed by atoms with E-state index >= 15 is 0 Å². The van der Waals surface area contributed by atoms with Crippen molar-refractivity contribution >= 4 is 29.6 Å². The number of thioether (sulfide) groups is 1. The van der Waals surface area contributed by atoms with Gasteiger partial charge >= 0.3 is 6.36 Å². The molecule has 0 aliphatic rings. The van der Waals surface area contributed by atoms with Crippen molar-refractivity contribution in [1.82, 2.24) is 0 Å². The van der Waals surface area contributed by atoms with Crippen molar-refractivity contribution in [2.24, 2.45) is 0 Å². The van der Waals surface area contributed by atoms with Crippen LogP contribution in [-0.2, 0) is 6.42 Å². The number of carbonyl (C=O) groups excluding carboxylic acids is 1. The summed E-state index contributed by atoms with van der Waals surface area (Å²) in [7, 11) is 0. The molecular weight excluding hydrogens is 385 g/mol. The Morgan fingerprint density at radius 2 is 1.77 bits per heavy atom. The van der Waals surface area contributed by atoms with Gasteiger partial charge in [-0.2, -0.15) is 0 Å². The maximum Gasteiger partial charge on any atom is 0.573 e. The lowest BCUT2D eigenvalue weighted by molar-refractivity contribution is -0.275. The molecule has 0 spiro atoms. The van der Waals surface area contributed by atoms with Gasteiger partial charge in [0.25, 0.3) is 0 Å². The molecule has 0 N–H and O–H groups in total. The monoisotopic (exact) mass is 402 g/mol. The summed E-state index contributed by atoms with van der Waals surface area (Å²) in [5.74, 6) is 0.350. The Morgan fingerprint density at radius 1 is 1.04 bits per heavy atom. The summed E-state index contributed by atoms with van der Waals surface area (Å²) < 4.78 is 41.5. The van der Waals surface area contributed by atoms with Crippen molar-refractivity contribution in [3.63, 3.8) is 0 Å². The predicted molar refractivity (Wildman–Crippen MR) is 98.2 cm³/mol.